The maximum absolute atomic E-state index is 11.9. The van der Waals surface area contributed by atoms with Crippen molar-refractivity contribution in [2.75, 3.05) is 6.54 Å². The summed E-state index contributed by atoms with van der Waals surface area (Å²) in [5.41, 5.74) is 0.265. The van der Waals surface area contributed by atoms with Crippen LogP contribution in [0.2, 0.25) is 5.02 Å². The minimum absolute atomic E-state index is 0.0681. The van der Waals surface area contributed by atoms with E-state index >= 15 is 0 Å². The van der Waals surface area contributed by atoms with Gasteiger partial charge in [0.1, 0.15) is 5.60 Å². The van der Waals surface area contributed by atoms with E-state index in [9.17, 15) is 15.0 Å². The highest BCUT2D eigenvalue weighted by Crippen LogP contribution is 2.23. The van der Waals surface area contributed by atoms with Gasteiger partial charge in [-0.3, -0.25) is 4.79 Å². The highest BCUT2D eigenvalue weighted by atomic mass is 35.5. The van der Waals surface area contributed by atoms with Gasteiger partial charge in [-0.05, 0) is 47.0 Å². The van der Waals surface area contributed by atoms with Crippen LogP contribution in [0.25, 0.3) is 0 Å². The number of aliphatic hydroxyl groups is 2. The molecule has 2 atom stereocenters. The molecule has 0 bridgehead atoms. The van der Waals surface area contributed by atoms with Crippen molar-refractivity contribution in [2.24, 2.45) is 0 Å². The number of hydrogen-bond acceptors (Lipinski definition) is 4. The third-order valence-electron chi connectivity index (χ3n) is 3.41. The van der Waals surface area contributed by atoms with E-state index in [1.807, 2.05) is 16.8 Å². The van der Waals surface area contributed by atoms with Crippen molar-refractivity contribution in [2.45, 2.75) is 25.0 Å². The summed E-state index contributed by atoms with van der Waals surface area (Å²) in [6.45, 7) is 1.74. The largest absolute Gasteiger partial charge is 0.388 e. The first-order valence-electron chi connectivity index (χ1n) is 6.84. The summed E-state index contributed by atoms with van der Waals surface area (Å²) in [5.74, 6) is -0.321. The number of halogens is 1. The number of aliphatic hydroxyl groups excluding tert-OH is 1. The van der Waals surface area contributed by atoms with Crippen molar-refractivity contribution in [3.63, 3.8) is 0 Å². The van der Waals surface area contributed by atoms with E-state index in [1.165, 1.54) is 11.3 Å². The molecule has 0 saturated heterocycles. The lowest BCUT2D eigenvalue weighted by Crippen LogP contribution is -2.38. The lowest BCUT2D eigenvalue weighted by atomic mass is 9.99. The lowest BCUT2D eigenvalue weighted by molar-refractivity contribution is -0.124. The first-order chi connectivity index (χ1) is 10.4. The van der Waals surface area contributed by atoms with Crippen LogP contribution in [0.1, 0.15) is 30.6 Å². The number of benzene rings is 1. The Morgan fingerprint density at radius 3 is 2.64 bits per heavy atom. The zero-order valence-electron chi connectivity index (χ0n) is 12.1. The predicted molar refractivity (Wildman–Crippen MR) is 87.9 cm³/mol. The zero-order chi connectivity index (χ0) is 16.2. The van der Waals surface area contributed by atoms with Gasteiger partial charge in [-0.25, -0.2) is 0 Å². The molecule has 22 heavy (non-hydrogen) atoms. The van der Waals surface area contributed by atoms with E-state index in [4.69, 9.17) is 11.6 Å². The normalized spacial score (nSPS) is 15.1. The average molecular weight is 340 g/mol. The average Bonchev–Trinajstić information content (AvgIpc) is 3.01. The molecule has 0 spiro atoms. The molecule has 1 heterocycles. The second-order valence-electron chi connectivity index (χ2n) is 5.33. The molecular formula is C16H18ClNO3S. The van der Waals surface area contributed by atoms with Crippen molar-refractivity contribution in [1.82, 2.24) is 5.32 Å². The molecule has 0 saturated carbocycles. The topological polar surface area (TPSA) is 69.6 Å². The van der Waals surface area contributed by atoms with Gasteiger partial charge in [-0.1, -0.05) is 23.7 Å². The van der Waals surface area contributed by atoms with Crippen LogP contribution in [0.3, 0.4) is 0 Å². The zero-order valence-corrected chi connectivity index (χ0v) is 13.7. The Hall–Kier alpha value is -1.40. The smallest absolute Gasteiger partial charge is 0.223 e. The van der Waals surface area contributed by atoms with Crippen LogP contribution in [-0.4, -0.2) is 22.7 Å². The molecule has 3 N–H and O–H groups in total. The van der Waals surface area contributed by atoms with Gasteiger partial charge < -0.3 is 15.5 Å². The van der Waals surface area contributed by atoms with E-state index in [1.54, 1.807) is 31.2 Å². The third-order valence-corrected chi connectivity index (χ3v) is 4.34. The van der Waals surface area contributed by atoms with Crippen molar-refractivity contribution < 1.29 is 15.0 Å². The first-order valence-corrected chi connectivity index (χ1v) is 8.16. The van der Waals surface area contributed by atoms with Gasteiger partial charge in [-0.15, -0.1) is 0 Å². The van der Waals surface area contributed by atoms with Crippen molar-refractivity contribution in [3.8, 4) is 0 Å². The van der Waals surface area contributed by atoms with Crippen LogP contribution < -0.4 is 5.32 Å². The molecule has 2 rings (SSSR count). The molecule has 0 aliphatic carbocycles. The number of hydrogen-bond donors (Lipinski definition) is 3. The van der Waals surface area contributed by atoms with Crippen LogP contribution in [0.5, 0.6) is 0 Å². The molecule has 6 heteroatoms. The van der Waals surface area contributed by atoms with Crippen molar-refractivity contribution in [3.05, 3.63) is 57.2 Å². The highest BCUT2D eigenvalue weighted by molar-refractivity contribution is 7.08. The maximum atomic E-state index is 11.9. The van der Waals surface area contributed by atoms with Crippen LogP contribution in [-0.2, 0) is 10.4 Å². The fraction of sp³-hybridized carbons (Fsp3) is 0.312. The van der Waals surface area contributed by atoms with Crippen LogP contribution >= 0.6 is 22.9 Å². The lowest BCUT2D eigenvalue weighted by Gasteiger charge is -2.23. The summed E-state index contributed by atoms with van der Waals surface area (Å²) in [4.78, 5) is 11.9. The van der Waals surface area contributed by atoms with Gasteiger partial charge in [0.15, 0.2) is 0 Å². The number of thiophene rings is 1. The van der Waals surface area contributed by atoms with Gasteiger partial charge >= 0.3 is 0 Å². The van der Waals surface area contributed by atoms with E-state index in [0.29, 0.717) is 10.6 Å². The third kappa shape index (κ3) is 4.55. The minimum atomic E-state index is -1.12. The van der Waals surface area contributed by atoms with Gasteiger partial charge in [0, 0.05) is 5.02 Å². The van der Waals surface area contributed by atoms with Crippen LogP contribution in [0.15, 0.2) is 41.1 Å². The summed E-state index contributed by atoms with van der Waals surface area (Å²) in [7, 11) is 0. The minimum Gasteiger partial charge on any atom is -0.388 e. The molecule has 2 aromatic rings. The molecule has 1 aromatic carbocycles. The Morgan fingerprint density at radius 2 is 2.05 bits per heavy atom. The van der Waals surface area contributed by atoms with Crippen LogP contribution in [0.4, 0.5) is 0 Å². The number of amides is 1. The molecule has 0 radical (unpaired) electrons. The predicted octanol–water partition coefficient (Wildman–Crippen LogP) is 2.85. The van der Waals surface area contributed by atoms with Crippen LogP contribution in [0, 0.1) is 0 Å². The SMILES string of the molecule is CC(O)(CNC(=O)CC(O)c1ccc(Cl)cc1)c1ccsc1. The molecule has 2 unspecified atom stereocenters. The Kier molecular flexibility index (Phi) is 5.58. The second kappa shape index (κ2) is 7.24. The molecule has 4 nitrogen and oxygen atoms in total. The molecule has 1 aromatic heterocycles. The highest BCUT2D eigenvalue weighted by Gasteiger charge is 2.24. The monoisotopic (exact) mass is 339 g/mol. The van der Waals surface area contributed by atoms with E-state index in [2.05, 4.69) is 5.32 Å². The Bertz CT molecular complexity index is 611. The molecule has 0 fully saturated rings. The number of carbonyl (C=O) groups is 1. The second-order valence-corrected chi connectivity index (χ2v) is 6.55. The Balaban J connectivity index is 1.86. The van der Waals surface area contributed by atoms with Gasteiger partial charge in [0.25, 0.3) is 0 Å². The van der Waals surface area contributed by atoms with E-state index in [-0.39, 0.29) is 18.9 Å². The van der Waals surface area contributed by atoms with E-state index < -0.39 is 11.7 Å². The van der Waals surface area contributed by atoms with Gasteiger partial charge in [0.2, 0.25) is 5.91 Å². The number of rotatable bonds is 6. The molecule has 118 valence electrons. The van der Waals surface area contributed by atoms with E-state index in [0.717, 1.165) is 5.56 Å². The summed E-state index contributed by atoms with van der Waals surface area (Å²) >= 11 is 7.27. The number of nitrogens with one attached hydrogen (secondary N) is 1. The fourth-order valence-corrected chi connectivity index (χ4v) is 2.90. The first kappa shape index (κ1) is 17.0. The number of carbonyl (C=O) groups excluding carboxylic acids is 1. The molecule has 0 aliphatic heterocycles. The van der Waals surface area contributed by atoms with Gasteiger partial charge in [-0.2, -0.15) is 11.3 Å². The molecular weight excluding hydrogens is 322 g/mol. The Labute approximate surface area is 138 Å². The summed E-state index contributed by atoms with van der Waals surface area (Å²) in [5, 5.41) is 27.3. The fourth-order valence-electron chi connectivity index (χ4n) is 1.99. The summed E-state index contributed by atoms with van der Waals surface area (Å²) < 4.78 is 0. The Morgan fingerprint density at radius 1 is 1.36 bits per heavy atom. The van der Waals surface area contributed by atoms with Gasteiger partial charge in [0.05, 0.1) is 19.1 Å². The van der Waals surface area contributed by atoms with Crippen molar-refractivity contribution >= 4 is 28.8 Å². The van der Waals surface area contributed by atoms with Crippen molar-refractivity contribution in [1.29, 1.82) is 0 Å². The maximum Gasteiger partial charge on any atom is 0.223 e. The standard InChI is InChI=1S/C16H18ClNO3S/c1-16(21,12-6-7-22-9-12)10-18-15(20)8-14(19)11-2-4-13(17)5-3-11/h2-7,9,14,19,21H,8,10H2,1H3,(H,18,20). The molecule has 1 amide bonds. The quantitative estimate of drug-likeness (QED) is 0.758. The molecule has 0 aliphatic rings. The summed E-state index contributed by atoms with van der Waals surface area (Å²) in [6.07, 6.45) is -0.968. The summed E-state index contributed by atoms with van der Waals surface area (Å²) in [6, 6.07) is 8.52.